The molecule has 1 aromatic carbocycles. The van der Waals surface area contributed by atoms with Gasteiger partial charge < -0.3 is 0 Å². The highest BCUT2D eigenvalue weighted by Gasteiger charge is 2.29. The molecule has 82 valence electrons. The first-order chi connectivity index (χ1) is 7.29. The third-order valence-corrected chi connectivity index (χ3v) is 3.49. The highest BCUT2D eigenvalue weighted by molar-refractivity contribution is 6.21. The summed E-state index contributed by atoms with van der Waals surface area (Å²) in [6, 6.07) is 11.3. The van der Waals surface area contributed by atoms with E-state index in [0.29, 0.717) is 11.4 Å². The molecule has 2 atom stereocenters. The van der Waals surface area contributed by atoms with Gasteiger partial charge >= 0.3 is 0 Å². The van der Waals surface area contributed by atoms with Gasteiger partial charge in [0.1, 0.15) is 0 Å². The Labute approximate surface area is 97.0 Å². The van der Waals surface area contributed by atoms with Gasteiger partial charge in [-0.25, -0.2) is 0 Å². The van der Waals surface area contributed by atoms with Crippen molar-refractivity contribution in [3.05, 3.63) is 35.9 Å². The van der Waals surface area contributed by atoms with Crippen molar-refractivity contribution >= 4 is 11.6 Å². The molecule has 0 radical (unpaired) electrons. The van der Waals surface area contributed by atoms with Gasteiger partial charge in [0, 0.05) is 24.5 Å². The van der Waals surface area contributed by atoms with Crippen LogP contribution in [0.25, 0.3) is 0 Å². The summed E-state index contributed by atoms with van der Waals surface area (Å²) in [5, 5.41) is 0.346. The summed E-state index contributed by atoms with van der Waals surface area (Å²) in [6.07, 6.45) is 2.35. The van der Waals surface area contributed by atoms with Crippen LogP contribution in [0.5, 0.6) is 0 Å². The molecule has 15 heavy (non-hydrogen) atoms. The van der Waals surface area contributed by atoms with E-state index < -0.39 is 0 Å². The molecule has 2 rings (SSSR count). The molecule has 0 saturated carbocycles. The van der Waals surface area contributed by atoms with Crippen LogP contribution >= 0.6 is 11.6 Å². The van der Waals surface area contributed by atoms with Crippen LogP contribution in [0.2, 0.25) is 0 Å². The van der Waals surface area contributed by atoms with Gasteiger partial charge in [-0.3, -0.25) is 4.90 Å². The van der Waals surface area contributed by atoms with Crippen molar-refractivity contribution in [2.24, 2.45) is 0 Å². The van der Waals surface area contributed by atoms with E-state index in [0.717, 1.165) is 19.5 Å². The van der Waals surface area contributed by atoms with Gasteiger partial charge in [-0.05, 0) is 18.4 Å². The van der Waals surface area contributed by atoms with Crippen LogP contribution in [0.15, 0.2) is 30.3 Å². The second-order valence-corrected chi connectivity index (χ2v) is 4.93. The van der Waals surface area contributed by atoms with Crippen molar-refractivity contribution in [2.45, 2.75) is 37.7 Å². The lowest BCUT2D eigenvalue weighted by atomic mass is 10.1. The van der Waals surface area contributed by atoms with E-state index in [4.69, 9.17) is 11.6 Å². The van der Waals surface area contributed by atoms with Gasteiger partial charge in [-0.15, -0.1) is 11.6 Å². The molecular weight excluding hydrogens is 206 g/mol. The molecule has 0 unspecified atom stereocenters. The molecular formula is C13H18ClN. The fourth-order valence-electron chi connectivity index (χ4n) is 2.36. The molecule has 0 amide bonds. The summed E-state index contributed by atoms with van der Waals surface area (Å²) in [6.45, 7) is 4.33. The molecule has 0 N–H and O–H groups in total. The van der Waals surface area contributed by atoms with Crippen molar-refractivity contribution in [1.29, 1.82) is 0 Å². The molecule has 1 heterocycles. The smallest absolute Gasteiger partial charge is 0.0478 e. The van der Waals surface area contributed by atoms with Gasteiger partial charge in [0.25, 0.3) is 0 Å². The normalized spacial score (nSPS) is 27.1. The van der Waals surface area contributed by atoms with Gasteiger partial charge in [0.05, 0.1) is 0 Å². The number of hydrogen-bond donors (Lipinski definition) is 0. The minimum Gasteiger partial charge on any atom is -0.295 e. The monoisotopic (exact) mass is 223 g/mol. The average molecular weight is 224 g/mol. The lowest BCUT2D eigenvalue weighted by Crippen LogP contribution is -2.28. The Morgan fingerprint density at radius 3 is 2.73 bits per heavy atom. The zero-order chi connectivity index (χ0) is 10.7. The van der Waals surface area contributed by atoms with E-state index in [1.54, 1.807) is 0 Å². The molecule has 1 saturated heterocycles. The lowest BCUT2D eigenvalue weighted by Gasteiger charge is -2.22. The molecule has 1 aliphatic heterocycles. The number of alkyl halides is 1. The van der Waals surface area contributed by atoms with Crippen molar-refractivity contribution in [3.8, 4) is 0 Å². The Balaban J connectivity index is 2.00. The molecule has 0 spiro atoms. The Morgan fingerprint density at radius 1 is 1.33 bits per heavy atom. The summed E-state index contributed by atoms with van der Waals surface area (Å²) in [5.74, 6) is 0. The third-order valence-electron chi connectivity index (χ3n) is 3.18. The fourth-order valence-corrected chi connectivity index (χ4v) is 2.74. The van der Waals surface area contributed by atoms with Crippen molar-refractivity contribution in [3.63, 3.8) is 0 Å². The standard InChI is InChI=1S/C13H18ClN/c1-2-13-8-12(14)10-15(13)9-11-6-4-3-5-7-11/h3-7,12-13H,2,8-10H2,1H3/t12-,13-/m0/s1. The first-order valence-electron chi connectivity index (χ1n) is 5.71. The highest BCUT2D eigenvalue weighted by atomic mass is 35.5. The predicted octanol–water partition coefficient (Wildman–Crippen LogP) is 3.28. The largest absolute Gasteiger partial charge is 0.295 e. The summed E-state index contributed by atoms with van der Waals surface area (Å²) < 4.78 is 0. The number of rotatable bonds is 3. The number of likely N-dealkylation sites (tertiary alicyclic amines) is 1. The Bertz CT molecular complexity index is 299. The van der Waals surface area contributed by atoms with Gasteiger partial charge in [0.15, 0.2) is 0 Å². The molecule has 2 heteroatoms. The maximum atomic E-state index is 6.20. The van der Waals surface area contributed by atoms with Crippen LogP contribution in [0.4, 0.5) is 0 Å². The van der Waals surface area contributed by atoms with E-state index in [1.807, 2.05) is 0 Å². The maximum Gasteiger partial charge on any atom is 0.0478 e. The van der Waals surface area contributed by atoms with Crippen molar-refractivity contribution < 1.29 is 0 Å². The zero-order valence-corrected chi connectivity index (χ0v) is 9.95. The van der Waals surface area contributed by atoms with Crippen LogP contribution < -0.4 is 0 Å². The van der Waals surface area contributed by atoms with Crippen molar-refractivity contribution in [1.82, 2.24) is 4.90 Å². The summed E-state index contributed by atoms with van der Waals surface area (Å²) >= 11 is 6.20. The zero-order valence-electron chi connectivity index (χ0n) is 9.20. The van der Waals surface area contributed by atoms with E-state index in [-0.39, 0.29) is 0 Å². The van der Waals surface area contributed by atoms with Gasteiger partial charge in [-0.1, -0.05) is 37.3 Å². The molecule has 1 nitrogen and oxygen atoms in total. The molecule has 0 aromatic heterocycles. The Morgan fingerprint density at radius 2 is 2.07 bits per heavy atom. The maximum absolute atomic E-state index is 6.20. The van der Waals surface area contributed by atoms with E-state index in [9.17, 15) is 0 Å². The molecule has 0 bridgehead atoms. The second-order valence-electron chi connectivity index (χ2n) is 4.31. The minimum atomic E-state index is 0.346. The second kappa shape index (κ2) is 5.00. The third kappa shape index (κ3) is 2.73. The van der Waals surface area contributed by atoms with Crippen LogP contribution in [0, 0.1) is 0 Å². The SMILES string of the molecule is CC[C@H]1C[C@H](Cl)CN1Cc1ccccc1. The van der Waals surface area contributed by atoms with Crippen LogP contribution in [-0.2, 0) is 6.54 Å². The first-order valence-corrected chi connectivity index (χ1v) is 6.15. The summed E-state index contributed by atoms with van der Waals surface area (Å²) in [5.41, 5.74) is 1.39. The molecule has 1 aliphatic rings. The Kier molecular flexibility index (Phi) is 3.66. The molecule has 0 aliphatic carbocycles. The topological polar surface area (TPSA) is 3.24 Å². The number of nitrogens with zero attached hydrogens (tertiary/aromatic N) is 1. The molecule has 1 aromatic rings. The Hall–Kier alpha value is -0.530. The highest BCUT2D eigenvalue weighted by Crippen LogP contribution is 2.25. The average Bonchev–Trinajstić information content (AvgIpc) is 2.60. The van der Waals surface area contributed by atoms with Gasteiger partial charge in [-0.2, -0.15) is 0 Å². The molecule has 1 fully saturated rings. The summed E-state index contributed by atoms with van der Waals surface area (Å²) in [4.78, 5) is 2.51. The van der Waals surface area contributed by atoms with Crippen LogP contribution in [0.1, 0.15) is 25.3 Å². The van der Waals surface area contributed by atoms with Crippen molar-refractivity contribution in [2.75, 3.05) is 6.54 Å². The lowest BCUT2D eigenvalue weighted by molar-refractivity contribution is 0.240. The number of benzene rings is 1. The summed E-state index contributed by atoms with van der Waals surface area (Å²) in [7, 11) is 0. The first kappa shape index (κ1) is 11.0. The number of halogens is 1. The van der Waals surface area contributed by atoms with Gasteiger partial charge in [0.2, 0.25) is 0 Å². The number of hydrogen-bond acceptors (Lipinski definition) is 1. The van der Waals surface area contributed by atoms with E-state index in [1.165, 1.54) is 12.0 Å². The minimum absolute atomic E-state index is 0.346. The quantitative estimate of drug-likeness (QED) is 0.711. The predicted molar refractivity (Wildman–Crippen MR) is 65.2 cm³/mol. The van der Waals surface area contributed by atoms with Crippen LogP contribution in [0.3, 0.4) is 0 Å². The van der Waals surface area contributed by atoms with E-state index in [2.05, 4.69) is 42.2 Å². The van der Waals surface area contributed by atoms with E-state index >= 15 is 0 Å². The van der Waals surface area contributed by atoms with Crippen LogP contribution in [-0.4, -0.2) is 22.9 Å². The fraction of sp³-hybridized carbons (Fsp3) is 0.538.